The van der Waals surface area contributed by atoms with Crippen LogP contribution >= 0.6 is 23.4 Å². The molecule has 0 aromatic heterocycles. The van der Waals surface area contributed by atoms with Crippen LogP contribution in [0.3, 0.4) is 0 Å². The number of hydrogen-bond acceptors (Lipinski definition) is 3. The largest absolute Gasteiger partial charge is 0.348 e. The molecule has 0 spiro atoms. The first-order valence-electron chi connectivity index (χ1n) is 6.71. The second-order valence-corrected chi connectivity index (χ2v) is 6.31. The van der Waals surface area contributed by atoms with Crippen molar-refractivity contribution >= 4 is 40.9 Å². The molecule has 0 aliphatic carbocycles. The van der Waals surface area contributed by atoms with Gasteiger partial charge in [-0.05, 0) is 35.9 Å². The van der Waals surface area contributed by atoms with Gasteiger partial charge in [0.15, 0.2) is 0 Å². The lowest BCUT2D eigenvalue weighted by molar-refractivity contribution is -0.113. The van der Waals surface area contributed by atoms with Crippen molar-refractivity contribution in [3.63, 3.8) is 0 Å². The number of rotatable bonds is 3. The fourth-order valence-electron chi connectivity index (χ4n) is 2.11. The summed E-state index contributed by atoms with van der Waals surface area (Å²) in [5, 5.41) is 6.30. The summed E-state index contributed by atoms with van der Waals surface area (Å²) in [6.07, 6.45) is 0. The Morgan fingerprint density at radius 2 is 2.00 bits per heavy atom. The van der Waals surface area contributed by atoms with Gasteiger partial charge in [-0.3, -0.25) is 9.59 Å². The van der Waals surface area contributed by atoms with Gasteiger partial charge in [0, 0.05) is 22.0 Å². The van der Waals surface area contributed by atoms with Crippen LogP contribution in [0.15, 0.2) is 47.4 Å². The Morgan fingerprint density at radius 1 is 1.23 bits per heavy atom. The first-order chi connectivity index (χ1) is 10.6. The topological polar surface area (TPSA) is 58.2 Å². The number of benzene rings is 2. The van der Waals surface area contributed by atoms with E-state index in [-0.39, 0.29) is 11.8 Å². The summed E-state index contributed by atoms with van der Waals surface area (Å²) in [5.41, 5.74) is 2.19. The third kappa shape index (κ3) is 3.43. The van der Waals surface area contributed by atoms with Crippen molar-refractivity contribution in [2.75, 3.05) is 11.1 Å². The van der Waals surface area contributed by atoms with Gasteiger partial charge >= 0.3 is 0 Å². The molecule has 2 aromatic rings. The van der Waals surface area contributed by atoms with Crippen LogP contribution in [0, 0.1) is 0 Å². The van der Waals surface area contributed by atoms with E-state index in [2.05, 4.69) is 10.6 Å². The van der Waals surface area contributed by atoms with Crippen LogP contribution in [0.5, 0.6) is 0 Å². The van der Waals surface area contributed by atoms with Crippen molar-refractivity contribution in [2.45, 2.75) is 11.4 Å². The smallest absolute Gasteiger partial charge is 0.251 e. The Kier molecular flexibility index (Phi) is 4.36. The molecule has 0 saturated carbocycles. The highest BCUT2D eigenvalue weighted by molar-refractivity contribution is 8.00. The molecule has 3 rings (SSSR count). The monoisotopic (exact) mass is 332 g/mol. The Morgan fingerprint density at radius 3 is 2.77 bits per heavy atom. The summed E-state index contributed by atoms with van der Waals surface area (Å²) in [6.45, 7) is 0.425. The third-order valence-electron chi connectivity index (χ3n) is 3.24. The first kappa shape index (κ1) is 14.9. The SMILES string of the molecule is O=C1CSc2ccc(C(=O)NCc3ccc(Cl)cc3)cc2N1. The van der Waals surface area contributed by atoms with E-state index in [0.29, 0.717) is 28.6 Å². The van der Waals surface area contributed by atoms with E-state index >= 15 is 0 Å². The van der Waals surface area contributed by atoms with Gasteiger partial charge in [-0.1, -0.05) is 23.7 Å². The number of thioether (sulfide) groups is 1. The third-order valence-corrected chi connectivity index (χ3v) is 4.57. The van der Waals surface area contributed by atoms with Gasteiger partial charge in [0.1, 0.15) is 0 Å². The first-order valence-corrected chi connectivity index (χ1v) is 8.07. The second kappa shape index (κ2) is 6.42. The molecule has 2 N–H and O–H groups in total. The molecule has 2 aromatic carbocycles. The average Bonchev–Trinajstić information content (AvgIpc) is 2.53. The molecule has 1 heterocycles. The summed E-state index contributed by atoms with van der Waals surface area (Å²) in [6, 6.07) is 12.6. The fraction of sp³-hybridized carbons (Fsp3) is 0.125. The molecular formula is C16H13ClN2O2S. The lowest BCUT2D eigenvalue weighted by atomic mass is 10.1. The van der Waals surface area contributed by atoms with Gasteiger partial charge in [-0.15, -0.1) is 11.8 Å². The van der Waals surface area contributed by atoms with Gasteiger partial charge in [0.2, 0.25) is 5.91 Å². The van der Waals surface area contributed by atoms with E-state index in [9.17, 15) is 9.59 Å². The molecule has 22 heavy (non-hydrogen) atoms. The number of amides is 2. The molecule has 0 unspecified atom stereocenters. The van der Waals surface area contributed by atoms with Crippen LogP contribution in [-0.4, -0.2) is 17.6 Å². The van der Waals surface area contributed by atoms with Crippen molar-refractivity contribution in [1.29, 1.82) is 0 Å². The molecule has 1 aliphatic rings. The zero-order chi connectivity index (χ0) is 15.5. The molecule has 1 aliphatic heterocycles. The maximum atomic E-state index is 12.2. The highest BCUT2D eigenvalue weighted by atomic mass is 35.5. The Bertz CT molecular complexity index is 731. The molecule has 0 bridgehead atoms. The van der Waals surface area contributed by atoms with E-state index in [0.717, 1.165) is 10.5 Å². The summed E-state index contributed by atoms with van der Waals surface area (Å²) in [7, 11) is 0. The summed E-state index contributed by atoms with van der Waals surface area (Å²) < 4.78 is 0. The number of anilines is 1. The van der Waals surface area contributed by atoms with Gasteiger partial charge in [0.25, 0.3) is 5.91 Å². The maximum absolute atomic E-state index is 12.2. The van der Waals surface area contributed by atoms with Crippen molar-refractivity contribution < 1.29 is 9.59 Å². The van der Waals surface area contributed by atoms with Gasteiger partial charge in [0.05, 0.1) is 11.4 Å². The minimum absolute atomic E-state index is 0.0452. The molecule has 0 atom stereocenters. The van der Waals surface area contributed by atoms with Crippen molar-refractivity contribution in [3.8, 4) is 0 Å². The van der Waals surface area contributed by atoms with Crippen LogP contribution < -0.4 is 10.6 Å². The van der Waals surface area contributed by atoms with Gasteiger partial charge in [-0.2, -0.15) is 0 Å². The van der Waals surface area contributed by atoms with Crippen molar-refractivity contribution in [1.82, 2.24) is 5.32 Å². The molecule has 4 nitrogen and oxygen atoms in total. The number of hydrogen-bond donors (Lipinski definition) is 2. The molecule has 0 radical (unpaired) electrons. The summed E-state index contributed by atoms with van der Waals surface area (Å²) in [4.78, 5) is 24.6. The van der Waals surface area contributed by atoms with Crippen LogP contribution in [0.1, 0.15) is 15.9 Å². The zero-order valence-corrected chi connectivity index (χ0v) is 13.1. The molecule has 6 heteroatoms. The van der Waals surface area contributed by atoms with E-state index < -0.39 is 0 Å². The van der Waals surface area contributed by atoms with E-state index in [1.165, 1.54) is 11.8 Å². The highest BCUT2D eigenvalue weighted by Crippen LogP contribution is 2.31. The molecule has 112 valence electrons. The fourth-order valence-corrected chi connectivity index (χ4v) is 3.03. The zero-order valence-electron chi connectivity index (χ0n) is 11.6. The van der Waals surface area contributed by atoms with Gasteiger partial charge in [-0.25, -0.2) is 0 Å². The molecule has 2 amide bonds. The Hall–Kier alpha value is -1.98. The van der Waals surface area contributed by atoms with Crippen molar-refractivity contribution in [3.05, 3.63) is 58.6 Å². The average molecular weight is 333 g/mol. The second-order valence-electron chi connectivity index (χ2n) is 4.86. The normalized spacial score (nSPS) is 13.2. The summed E-state index contributed by atoms with van der Waals surface area (Å²) >= 11 is 7.30. The number of carbonyl (C=O) groups is 2. The predicted molar refractivity (Wildman–Crippen MR) is 88.4 cm³/mol. The lowest BCUT2D eigenvalue weighted by Crippen LogP contribution is -2.24. The minimum Gasteiger partial charge on any atom is -0.348 e. The number of fused-ring (bicyclic) bond motifs is 1. The molecule has 0 fully saturated rings. The quantitative estimate of drug-likeness (QED) is 0.906. The number of nitrogens with one attached hydrogen (secondary N) is 2. The molecule has 0 saturated heterocycles. The highest BCUT2D eigenvalue weighted by Gasteiger charge is 2.17. The standard InChI is InChI=1S/C16H13ClN2O2S/c17-12-4-1-10(2-5-12)8-18-16(21)11-3-6-14-13(7-11)19-15(20)9-22-14/h1-7H,8-9H2,(H,18,21)(H,19,20). The Labute approximate surface area is 137 Å². The van der Waals surface area contributed by atoms with E-state index in [1.54, 1.807) is 24.3 Å². The van der Waals surface area contributed by atoms with Crippen LogP contribution in [0.2, 0.25) is 5.02 Å². The van der Waals surface area contributed by atoms with Crippen LogP contribution in [-0.2, 0) is 11.3 Å². The van der Waals surface area contributed by atoms with Crippen LogP contribution in [0.25, 0.3) is 0 Å². The molecular weight excluding hydrogens is 320 g/mol. The predicted octanol–water partition coefficient (Wildman–Crippen LogP) is 3.31. The lowest BCUT2D eigenvalue weighted by Gasteiger charge is -2.17. The number of halogens is 1. The van der Waals surface area contributed by atoms with Crippen LogP contribution in [0.4, 0.5) is 5.69 Å². The maximum Gasteiger partial charge on any atom is 0.251 e. The van der Waals surface area contributed by atoms with E-state index in [1.807, 2.05) is 18.2 Å². The van der Waals surface area contributed by atoms with Gasteiger partial charge < -0.3 is 10.6 Å². The summed E-state index contributed by atoms with van der Waals surface area (Å²) in [5.74, 6) is 0.188. The minimum atomic E-state index is -0.178. The Balaban J connectivity index is 1.68. The number of carbonyl (C=O) groups excluding carboxylic acids is 2. The van der Waals surface area contributed by atoms with E-state index in [4.69, 9.17) is 11.6 Å². The van der Waals surface area contributed by atoms with Crippen molar-refractivity contribution in [2.24, 2.45) is 0 Å².